The van der Waals surface area contributed by atoms with Crippen LogP contribution in [0.1, 0.15) is 25.7 Å². The molecule has 0 spiro atoms. The van der Waals surface area contributed by atoms with Gasteiger partial charge in [0.05, 0.1) is 10.6 Å². The summed E-state index contributed by atoms with van der Waals surface area (Å²) in [6, 6.07) is 6.84. The molecule has 0 amide bonds. The average Bonchev–Trinajstić information content (AvgIpc) is 2.29. The highest BCUT2D eigenvalue weighted by Gasteiger charge is 2.13. The highest BCUT2D eigenvalue weighted by Crippen LogP contribution is 2.18. The zero-order chi connectivity index (χ0) is 12.7. The van der Waals surface area contributed by atoms with Crippen LogP contribution < -0.4 is 0 Å². The molecule has 1 rings (SSSR count). The van der Waals surface area contributed by atoms with E-state index >= 15 is 0 Å². The summed E-state index contributed by atoms with van der Waals surface area (Å²) in [5.41, 5.74) is 0. The molecule has 2 nitrogen and oxygen atoms in total. The Balaban J connectivity index is 2.51. The van der Waals surface area contributed by atoms with Crippen LogP contribution in [0.15, 0.2) is 33.6 Å². The first kappa shape index (κ1) is 15.0. The van der Waals surface area contributed by atoms with E-state index in [4.69, 9.17) is 11.6 Å². The van der Waals surface area contributed by atoms with E-state index in [-0.39, 0.29) is 5.75 Å². The molecule has 5 heteroatoms. The third-order valence-corrected chi connectivity index (χ3v) is 5.01. The van der Waals surface area contributed by atoms with Crippen molar-refractivity contribution in [2.75, 3.05) is 11.6 Å². The minimum atomic E-state index is -3.13. The summed E-state index contributed by atoms with van der Waals surface area (Å²) in [6.07, 6.45) is 3.57. The number of hydrogen-bond acceptors (Lipinski definition) is 2. The van der Waals surface area contributed by atoms with Gasteiger partial charge in [-0.2, -0.15) is 0 Å². The maximum Gasteiger partial charge on any atom is 0.178 e. The van der Waals surface area contributed by atoms with Crippen LogP contribution in [0.25, 0.3) is 0 Å². The van der Waals surface area contributed by atoms with Crippen molar-refractivity contribution in [2.45, 2.75) is 30.6 Å². The van der Waals surface area contributed by atoms with Gasteiger partial charge < -0.3 is 0 Å². The lowest BCUT2D eigenvalue weighted by atomic mass is 10.2. The second kappa shape index (κ2) is 7.39. The van der Waals surface area contributed by atoms with Crippen LogP contribution in [0.5, 0.6) is 0 Å². The van der Waals surface area contributed by atoms with Crippen LogP contribution in [-0.2, 0) is 9.84 Å². The van der Waals surface area contributed by atoms with Gasteiger partial charge in [0.15, 0.2) is 9.84 Å². The molecule has 96 valence electrons. The molecule has 0 heterocycles. The van der Waals surface area contributed by atoms with E-state index in [1.807, 2.05) is 6.07 Å². The maximum absolute atomic E-state index is 12.0. The second-order valence-corrected chi connectivity index (χ2v) is 7.28. The molecular weight excluding hydrogens is 324 g/mol. The van der Waals surface area contributed by atoms with Crippen LogP contribution in [0.2, 0.25) is 0 Å². The first-order valence-electron chi connectivity index (χ1n) is 5.60. The lowest BCUT2D eigenvalue weighted by Crippen LogP contribution is -2.06. The molecule has 0 aliphatic rings. The Morgan fingerprint density at radius 1 is 1.12 bits per heavy atom. The van der Waals surface area contributed by atoms with E-state index in [1.165, 1.54) is 0 Å². The molecule has 0 unspecified atom stereocenters. The lowest BCUT2D eigenvalue weighted by molar-refractivity contribution is 0.589. The molecule has 1 aromatic carbocycles. The standard InChI is InChI=1S/C12H16BrClO2S/c13-11-6-5-7-12(10-11)17(15,16)9-4-2-1-3-8-14/h5-7,10H,1-4,8-9H2. The number of rotatable bonds is 7. The Morgan fingerprint density at radius 2 is 1.82 bits per heavy atom. The number of alkyl halides is 1. The van der Waals surface area contributed by atoms with Gasteiger partial charge in [0.1, 0.15) is 0 Å². The number of benzene rings is 1. The molecule has 0 aromatic heterocycles. The molecule has 0 bridgehead atoms. The van der Waals surface area contributed by atoms with Crippen LogP contribution >= 0.6 is 27.5 Å². The largest absolute Gasteiger partial charge is 0.224 e. The minimum Gasteiger partial charge on any atom is -0.224 e. The molecule has 1 aromatic rings. The fourth-order valence-corrected chi connectivity index (χ4v) is 3.67. The predicted molar refractivity (Wildman–Crippen MR) is 75.4 cm³/mol. The van der Waals surface area contributed by atoms with Gasteiger partial charge in [-0.05, 0) is 31.0 Å². The van der Waals surface area contributed by atoms with E-state index in [0.29, 0.717) is 17.2 Å². The van der Waals surface area contributed by atoms with Crippen molar-refractivity contribution >= 4 is 37.4 Å². The van der Waals surface area contributed by atoms with Crippen molar-refractivity contribution in [3.05, 3.63) is 28.7 Å². The maximum atomic E-state index is 12.0. The topological polar surface area (TPSA) is 34.1 Å². The van der Waals surface area contributed by atoms with Crippen molar-refractivity contribution in [3.63, 3.8) is 0 Å². The van der Waals surface area contributed by atoms with Crippen LogP contribution in [-0.4, -0.2) is 20.1 Å². The molecule has 0 saturated carbocycles. The zero-order valence-electron chi connectivity index (χ0n) is 9.53. The van der Waals surface area contributed by atoms with E-state index in [1.54, 1.807) is 18.2 Å². The molecule has 0 saturated heterocycles. The third kappa shape index (κ3) is 5.40. The van der Waals surface area contributed by atoms with Crippen molar-refractivity contribution in [3.8, 4) is 0 Å². The van der Waals surface area contributed by atoms with Gasteiger partial charge in [-0.1, -0.05) is 34.8 Å². The monoisotopic (exact) mass is 338 g/mol. The summed E-state index contributed by atoms with van der Waals surface area (Å²) in [7, 11) is -3.13. The quantitative estimate of drug-likeness (QED) is 0.555. The molecule has 0 aliphatic heterocycles. The van der Waals surface area contributed by atoms with E-state index in [2.05, 4.69) is 15.9 Å². The average molecular weight is 340 g/mol. The van der Waals surface area contributed by atoms with Gasteiger partial charge in [0, 0.05) is 10.4 Å². The highest BCUT2D eigenvalue weighted by molar-refractivity contribution is 9.10. The molecule has 0 fully saturated rings. The van der Waals surface area contributed by atoms with Gasteiger partial charge in [0.25, 0.3) is 0 Å². The fraction of sp³-hybridized carbons (Fsp3) is 0.500. The first-order valence-corrected chi connectivity index (χ1v) is 8.58. The number of halogens is 2. The Kier molecular flexibility index (Phi) is 6.52. The Bertz CT molecular complexity index is 446. The summed E-state index contributed by atoms with van der Waals surface area (Å²) in [4.78, 5) is 0.393. The van der Waals surface area contributed by atoms with Gasteiger partial charge in [-0.3, -0.25) is 0 Å². The van der Waals surface area contributed by atoms with Crippen molar-refractivity contribution in [1.82, 2.24) is 0 Å². The van der Waals surface area contributed by atoms with Crippen molar-refractivity contribution in [1.29, 1.82) is 0 Å². The third-order valence-electron chi connectivity index (χ3n) is 2.45. The predicted octanol–water partition coefficient (Wildman–Crippen LogP) is 4.02. The van der Waals surface area contributed by atoms with Gasteiger partial charge in [-0.15, -0.1) is 11.6 Å². The summed E-state index contributed by atoms with van der Waals surface area (Å²) in [5.74, 6) is 0.865. The van der Waals surface area contributed by atoms with E-state index < -0.39 is 9.84 Å². The normalized spacial score (nSPS) is 11.6. The van der Waals surface area contributed by atoms with Crippen molar-refractivity contribution < 1.29 is 8.42 Å². The highest BCUT2D eigenvalue weighted by atomic mass is 79.9. The first-order chi connectivity index (χ1) is 8.06. The zero-order valence-corrected chi connectivity index (χ0v) is 12.7. The van der Waals surface area contributed by atoms with Crippen LogP contribution in [0.4, 0.5) is 0 Å². The Hall–Kier alpha value is -0.0600. The van der Waals surface area contributed by atoms with Crippen LogP contribution in [0.3, 0.4) is 0 Å². The minimum absolute atomic E-state index is 0.214. The van der Waals surface area contributed by atoms with Crippen LogP contribution in [0, 0.1) is 0 Å². The molecule has 0 N–H and O–H groups in total. The molecule has 0 atom stereocenters. The molecule has 17 heavy (non-hydrogen) atoms. The second-order valence-electron chi connectivity index (χ2n) is 3.88. The van der Waals surface area contributed by atoms with Gasteiger partial charge >= 0.3 is 0 Å². The summed E-state index contributed by atoms with van der Waals surface area (Å²) in [6.45, 7) is 0. The summed E-state index contributed by atoms with van der Waals surface area (Å²) < 4.78 is 24.7. The molecule has 0 radical (unpaired) electrons. The lowest BCUT2D eigenvalue weighted by Gasteiger charge is -2.04. The summed E-state index contributed by atoms with van der Waals surface area (Å²) >= 11 is 8.84. The van der Waals surface area contributed by atoms with E-state index in [9.17, 15) is 8.42 Å². The van der Waals surface area contributed by atoms with Crippen molar-refractivity contribution in [2.24, 2.45) is 0 Å². The number of sulfone groups is 1. The van der Waals surface area contributed by atoms with E-state index in [0.717, 1.165) is 23.7 Å². The van der Waals surface area contributed by atoms with Gasteiger partial charge in [-0.25, -0.2) is 8.42 Å². The fourth-order valence-electron chi connectivity index (χ4n) is 1.52. The summed E-state index contributed by atoms with van der Waals surface area (Å²) in [5, 5.41) is 0. The Morgan fingerprint density at radius 3 is 2.47 bits per heavy atom. The SMILES string of the molecule is O=S(=O)(CCCCCCCl)c1cccc(Br)c1. The number of unbranched alkanes of at least 4 members (excludes halogenated alkanes) is 3. The Labute approximate surface area is 116 Å². The molecular formula is C12H16BrClO2S. The smallest absolute Gasteiger partial charge is 0.178 e. The molecule has 0 aliphatic carbocycles. The number of hydrogen-bond donors (Lipinski definition) is 0. The van der Waals surface area contributed by atoms with Gasteiger partial charge in [0.2, 0.25) is 0 Å².